The highest BCUT2D eigenvalue weighted by Crippen LogP contribution is 2.37. The number of aromatic amines is 1. The van der Waals surface area contributed by atoms with E-state index in [2.05, 4.69) is 31.2 Å². The van der Waals surface area contributed by atoms with Gasteiger partial charge in [0.15, 0.2) is 11.3 Å². The Bertz CT molecular complexity index is 1340. The predicted octanol–water partition coefficient (Wildman–Crippen LogP) is 4.05. The smallest absolute Gasteiger partial charge is 0.228 e. The molecule has 32 heavy (non-hydrogen) atoms. The SMILES string of the molecule is N#Cc1nc(N2CCC(N)(c3cccnc3)CC2)nc2n[nH]c(-c3cccc(Cl)c3Cl)c12. The molecule has 5 rings (SSSR count). The fourth-order valence-corrected chi connectivity index (χ4v) is 4.47. The van der Waals surface area contributed by atoms with Gasteiger partial charge in [-0.15, -0.1) is 0 Å². The summed E-state index contributed by atoms with van der Waals surface area (Å²) in [5, 5.41) is 18.4. The molecular weight excluding hydrogens is 447 g/mol. The number of hydrogen-bond donors (Lipinski definition) is 2. The minimum absolute atomic E-state index is 0.224. The van der Waals surface area contributed by atoms with Gasteiger partial charge in [0.25, 0.3) is 0 Å². The van der Waals surface area contributed by atoms with Crippen LogP contribution in [0, 0.1) is 11.3 Å². The summed E-state index contributed by atoms with van der Waals surface area (Å²) in [5.74, 6) is 0.456. The molecule has 1 aliphatic rings. The lowest BCUT2D eigenvalue weighted by atomic mass is 9.83. The third-order valence-corrected chi connectivity index (χ3v) is 6.72. The molecule has 1 aromatic carbocycles. The van der Waals surface area contributed by atoms with Crippen molar-refractivity contribution in [1.82, 2.24) is 25.1 Å². The number of H-pyrrole nitrogens is 1. The number of aromatic nitrogens is 5. The van der Waals surface area contributed by atoms with Crippen molar-refractivity contribution < 1.29 is 0 Å². The lowest BCUT2D eigenvalue weighted by Crippen LogP contribution is -2.48. The average molecular weight is 465 g/mol. The highest BCUT2D eigenvalue weighted by atomic mass is 35.5. The Morgan fingerprint density at radius 3 is 2.66 bits per heavy atom. The van der Waals surface area contributed by atoms with Gasteiger partial charge < -0.3 is 10.6 Å². The lowest BCUT2D eigenvalue weighted by Gasteiger charge is -2.39. The minimum atomic E-state index is -0.449. The third kappa shape index (κ3) is 3.45. The van der Waals surface area contributed by atoms with Crippen LogP contribution in [-0.4, -0.2) is 38.2 Å². The number of hydrogen-bond acceptors (Lipinski definition) is 7. The van der Waals surface area contributed by atoms with E-state index in [1.54, 1.807) is 24.4 Å². The van der Waals surface area contributed by atoms with Gasteiger partial charge in [-0.1, -0.05) is 41.4 Å². The number of nitriles is 1. The van der Waals surface area contributed by atoms with Crippen molar-refractivity contribution in [3.05, 3.63) is 64.0 Å². The van der Waals surface area contributed by atoms with Crippen molar-refractivity contribution in [2.75, 3.05) is 18.0 Å². The standard InChI is InChI=1S/C22H18Cl2N8/c23-15-5-1-4-14(18(15)24)19-17-16(11-25)28-21(29-20(17)31-30-19)32-9-6-22(26,7-10-32)13-3-2-8-27-12-13/h1-5,8,12H,6-7,9-10,26H2,(H,28,29,30,31). The maximum atomic E-state index is 9.82. The quantitative estimate of drug-likeness (QED) is 0.468. The molecular formula is C22H18Cl2N8. The summed E-state index contributed by atoms with van der Waals surface area (Å²) in [6.07, 6.45) is 4.99. The predicted molar refractivity (Wildman–Crippen MR) is 123 cm³/mol. The zero-order chi connectivity index (χ0) is 22.3. The summed E-state index contributed by atoms with van der Waals surface area (Å²) >= 11 is 12.5. The van der Waals surface area contributed by atoms with E-state index in [1.807, 2.05) is 23.2 Å². The molecule has 4 heterocycles. The second kappa shape index (κ2) is 8.02. The molecule has 0 bridgehead atoms. The van der Waals surface area contributed by atoms with E-state index in [4.69, 9.17) is 28.9 Å². The van der Waals surface area contributed by atoms with Crippen molar-refractivity contribution in [2.45, 2.75) is 18.4 Å². The van der Waals surface area contributed by atoms with E-state index in [0.717, 1.165) is 5.56 Å². The first kappa shape index (κ1) is 20.6. The summed E-state index contributed by atoms with van der Waals surface area (Å²) < 4.78 is 0. The topological polar surface area (TPSA) is 120 Å². The lowest BCUT2D eigenvalue weighted by molar-refractivity contribution is 0.340. The summed E-state index contributed by atoms with van der Waals surface area (Å²) in [4.78, 5) is 15.4. The molecule has 8 nitrogen and oxygen atoms in total. The number of benzene rings is 1. The highest BCUT2D eigenvalue weighted by Gasteiger charge is 2.34. The van der Waals surface area contributed by atoms with E-state index < -0.39 is 5.54 Å². The Morgan fingerprint density at radius 1 is 1.12 bits per heavy atom. The molecule has 0 unspecified atom stereocenters. The summed E-state index contributed by atoms with van der Waals surface area (Å²) in [6, 6.07) is 11.4. The Hall–Kier alpha value is -3.25. The maximum absolute atomic E-state index is 9.82. The van der Waals surface area contributed by atoms with Crippen molar-refractivity contribution >= 4 is 40.2 Å². The zero-order valence-electron chi connectivity index (χ0n) is 16.9. The number of piperidine rings is 1. The van der Waals surface area contributed by atoms with Crippen molar-refractivity contribution in [2.24, 2.45) is 5.73 Å². The van der Waals surface area contributed by atoms with Gasteiger partial charge in [0.05, 0.1) is 21.1 Å². The second-order valence-electron chi connectivity index (χ2n) is 7.77. The molecule has 1 fully saturated rings. The van der Waals surface area contributed by atoms with Crippen LogP contribution < -0.4 is 10.6 Å². The van der Waals surface area contributed by atoms with Crippen LogP contribution in [0.15, 0.2) is 42.7 Å². The van der Waals surface area contributed by atoms with Crippen molar-refractivity contribution in [1.29, 1.82) is 5.26 Å². The average Bonchev–Trinajstić information content (AvgIpc) is 3.25. The summed E-state index contributed by atoms with van der Waals surface area (Å²) in [7, 11) is 0. The van der Waals surface area contributed by atoms with E-state index in [0.29, 0.717) is 64.2 Å². The second-order valence-corrected chi connectivity index (χ2v) is 8.55. The first-order chi connectivity index (χ1) is 15.5. The molecule has 160 valence electrons. The van der Waals surface area contributed by atoms with Crippen LogP contribution in [0.3, 0.4) is 0 Å². The molecule has 0 spiro atoms. The molecule has 1 saturated heterocycles. The molecule has 10 heteroatoms. The van der Waals surface area contributed by atoms with Crippen LogP contribution in [0.1, 0.15) is 24.1 Å². The molecule has 0 radical (unpaired) electrons. The number of nitrogens with one attached hydrogen (secondary N) is 1. The number of rotatable bonds is 3. The Balaban J connectivity index is 1.48. The van der Waals surface area contributed by atoms with E-state index in [1.165, 1.54) is 0 Å². The normalized spacial score (nSPS) is 15.6. The molecule has 0 aliphatic carbocycles. The molecule has 1 aliphatic heterocycles. The number of pyridine rings is 1. The van der Waals surface area contributed by atoms with E-state index >= 15 is 0 Å². The highest BCUT2D eigenvalue weighted by molar-refractivity contribution is 6.43. The fourth-order valence-electron chi connectivity index (χ4n) is 4.08. The number of anilines is 1. The molecule has 0 atom stereocenters. The van der Waals surface area contributed by atoms with Gasteiger partial charge in [0, 0.05) is 36.6 Å². The number of fused-ring (bicyclic) bond motifs is 1. The fraction of sp³-hybridized carbons (Fsp3) is 0.227. The Kier molecular flexibility index (Phi) is 5.18. The number of halogens is 2. The van der Waals surface area contributed by atoms with Gasteiger partial charge in [0.1, 0.15) is 6.07 Å². The molecule has 0 saturated carbocycles. The zero-order valence-corrected chi connectivity index (χ0v) is 18.4. The van der Waals surface area contributed by atoms with Gasteiger partial charge in [-0.3, -0.25) is 10.1 Å². The first-order valence-electron chi connectivity index (χ1n) is 10.0. The van der Waals surface area contributed by atoms with Crippen LogP contribution in [0.2, 0.25) is 10.0 Å². The van der Waals surface area contributed by atoms with E-state index in [9.17, 15) is 5.26 Å². The molecule has 3 N–H and O–H groups in total. The van der Waals surface area contributed by atoms with Crippen LogP contribution in [0.4, 0.5) is 5.95 Å². The van der Waals surface area contributed by atoms with Crippen LogP contribution in [-0.2, 0) is 5.54 Å². The molecule has 4 aromatic rings. The summed E-state index contributed by atoms with van der Waals surface area (Å²) in [5.41, 5.74) is 9.05. The molecule has 0 amide bonds. The molecule has 3 aromatic heterocycles. The Morgan fingerprint density at radius 2 is 1.94 bits per heavy atom. The monoisotopic (exact) mass is 464 g/mol. The van der Waals surface area contributed by atoms with Crippen LogP contribution >= 0.6 is 23.2 Å². The van der Waals surface area contributed by atoms with Crippen LogP contribution in [0.25, 0.3) is 22.3 Å². The van der Waals surface area contributed by atoms with Gasteiger partial charge in [-0.2, -0.15) is 15.3 Å². The van der Waals surface area contributed by atoms with Gasteiger partial charge in [0.2, 0.25) is 5.95 Å². The largest absolute Gasteiger partial charge is 0.341 e. The van der Waals surface area contributed by atoms with Crippen LogP contribution in [0.5, 0.6) is 0 Å². The van der Waals surface area contributed by atoms with Gasteiger partial charge >= 0.3 is 0 Å². The first-order valence-corrected chi connectivity index (χ1v) is 10.8. The minimum Gasteiger partial charge on any atom is -0.341 e. The van der Waals surface area contributed by atoms with Gasteiger partial charge in [-0.25, -0.2) is 4.98 Å². The summed E-state index contributed by atoms with van der Waals surface area (Å²) in [6.45, 7) is 1.30. The van der Waals surface area contributed by atoms with Crippen molar-refractivity contribution in [3.8, 4) is 17.3 Å². The maximum Gasteiger partial charge on any atom is 0.228 e. The van der Waals surface area contributed by atoms with Gasteiger partial charge in [-0.05, 0) is 30.5 Å². The number of nitrogens with two attached hydrogens (primary N) is 1. The van der Waals surface area contributed by atoms with Crippen molar-refractivity contribution in [3.63, 3.8) is 0 Å². The number of nitrogens with zero attached hydrogens (tertiary/aromatic N) is 6. The third-order valence-electron chi connectivity index (χ3n) is 5.90. The Labute approximate surface area is 194 Å². The van der Waals surface area contributed by atoms with E-state index in [-0.39, 0.29) is 5.69 Å².